The maximum atomic E-state index is 13.3. The van der Waals surface area contributed by atoms with Gasteiger partial charge in [-0.15, -0.1) is 0 Å². The van der Waals surface area contributed by atoms with Crippen molar-refractivity contribution in [3.05, 3.63) is 65.4 Å². The second-order valence-electron chi connectivity index (χ2n) is 9.53. The average Bonchev–Trinajstić information content (AvgIpc) is 3.17. The summed E-state index contributed by atoms with van der Waals surface area (Å²) in [6.45, 7) is 2.39. The van der Waals surface area contributed by atoms with E-state index in [0.29, 0.717) is 42.9 Å². The molecule has 178 valence electrons. The number of para-hydroxylation sites is 2. The van der Waals surface area contributed by atoms with Crippen molar-refractivity contribution < 1.29 is 14.4 Å². The van der Waals surface area contributed by atoms with Crippen LogP contribution in [0.1, 0.15) is 63.2 Å². The van der Waals surface area contributed by atoms with Crippen molar-refractivity contribution in [1.29, 1.82) is 0 Å². The van der Waals surface area contributed by atoms with Gasteiger partial charge in [-0.3, -0.25) is 24.3 Å². The van der Waals surface area contributed by atoms with Crippen LogP contribution < -0.4 is 4.90 Å². The summed E-state index contributed by atoms with van der Waals surface area (Å²) in [6.07, 6.45) is 6.74. The van der Waals surface area contributed by atoms with Crippen molar-refractivity contribution in [2.24, 2.45) is 0 Å². The summed E-state index contributed by atoms with van der Waals surface area (Å²) in [6, 6.07) is 12.7. The van der Waals surface area contributed by atoms with Gasteiger partial charge in [0.1, 0.15) is 5.82 Å². The van der Waals surface area contributed by atoms with Crippen LogP contribution in [0.4, 0.5) is 5.82 Å². The first-order valence-corrected chi connectivity index (χ1v) is 12.4. The number of fused-ring (bicyclic) bond motifs is 2. The number of aromatic nitrogens is 2. The van der Waals surface area contributed by atoms with Crippen LogP contribution in [0.2, 0.25) is 0 Å². The van der Waals surface area contributed by atoms with Gasteiger partial charge < -0.3 is 9.80 Å². The van der Waals surface area contributed by atoms with Crippen molar-refractivity contribution in [2.75, 3.05) is 31.1 Å². The first-order valence-electron chi connectivity index (χ1n) is 12.4. The summed E-state index contributed by atoms with van der Waals surface area (Å²) in [5, 5.41) is 0. The fourth-order valence-corrected chi connectivity index (χ4v) is 5.48. The molecule has 2 aromatic carbocycles. The summed E-state index contributed by atoms with van der Waals surface area (Å²) < 4.78 is 0. The zero-order chi connectivity index (χ0) is 23.9. The molecule has 8 nitrogen and oxygen atoms in total. The number of benzene rings is 2. The Bertz CT molecular complexity index is 1330. The van der Waals surface area contributed by atoms with Crippen molar-refractivity contribution in [3.8, 4) is 0 Å². The van der Waals surface area contributed by atoms with Crippen molar-refractivity contribution >= 4 is 34.6 Å². The Labute approximate surface area is 203 Å². The Morgan fingerprint density at radius 1 is 0.829 bits per heavy atom. The molecule has 0 bridgehead atoms. The van der Waals surface area contributed by atoms with Crippen LogP contribution in [0.5, 0.6) is 0 Å². The van der Waals surface area contributed by atoms with E-state index in [0.717, 1.165) is 49.0 Å². The van der Waals surface area contributed by atoms with E-state index < -0.39 is 0 Å². The molecule has 1 aromatic heterocycles. The number of anilines is 1. The van der Waals surface area contributed by atoms with Gasteiger partial charge in [0.25, 0.3) is 17.7 Å². The fraction of sp³-hybridized carbons (Fsp3) is 0.370. The second-order valence-corrected chi connectivity index (χ2v) is 9.53. The Morgan fingerprint density at radius 3 is 2.31 bits per heavy atom. The van der Waals surface area contributed by atoms with E-state index >= 15 is 0 Å². The van der Waals surface area contributed by atoms with Crippen LogP contribution in [0.15, 0.2) is 48.7 Å². The fourth-order valence-electron chi connectivity index (χ4n) is 5.48. The normalized spacial score (nSPS) is 18.9. The smallest absolute Gasteiger partial charge is 0.261 e. The molecule has 2 aliphatic heterocycles. The van der Waals surface area contributed by atoms with E-state index in [1.54, 1.807) is 29.3 Å². The Morgan fingerprint density at radius 2 is 1.54 bits per heavy atom. The highest BCUT2D eigenvalue weighted by molar-refractivity contribution is 6.22. The number of rotatable bonds is 3. The third-order valence-electron chi connectivity index (χ3n) is 7.43. The molecule has 3 heterocycles. The third-order valence-corrected chi connectivity index (χ3v) is 7.43. The Hall–Kier alpha value is -3.81. The molecule has 0 spiro atoms. The highest BCUT2D eigenvalue weighted by atomic mass is 16.2. The lowest BCUT2D eigenvalue weighted by Crippen LogP contribution is -2.49. The third kappa shape index (κ3) is 3.83. The van der Waals surface area contributed by atoms with Crippen molar-refractivity contribution in [2.45, 2.75) is 38.1 Å². The van der Waals surface area contributed by atoms with Crippen LogP contribution in [0.25, 0.3) is 11.0 Å². The molecular weight excluding hydrogens is 442 g/mol. The molecule has 3 amide bonds. The zero-order valence-corrected chi connectivity index (χ0v) is 19.5. The predicted octanol–water partition coefficient (Wildman–Crippen LogP) is 3.52. The van der Waals surface area contributed by atoms with Crippen LogP contribution >= 0.6 is 0 Å². The number of piperazine rings is 1. The average molecular weight is 470 g/mol. The number of carbonyl (C=O) groups excluding carboxylic acids is 3. The molecule has 0 N–H and O–H groups in total. The lowest BCUT2D eigenvalue weighted by atomic mass is 9.94. The lowest BCUT2D eigenvalue weighted by molar-refractivity contribution is 0.0548. The molecule has 1 saturated heterocycles. The number of hydrogen-bond acceptors (Lipinski definition) is 6. The summed E-state index contributed by atoms with van der Waals surface area (Å²) in [4.78, 5) is 53.9. The molecule has 35 heavy (non-hydrogen) atoms. The largest absolute Gasteiger partial charge is 0.352 e. The maximum Gasteiger partial charge on any atom is 0.261 e. The van der Waals surface area contributed by atoms with Gasteiger partial charge in [0.15, 0.2) is 0 Å². The molecule has 2 fully saturated rings. The minimum atomic E-state index is -0.258. The molecule has 6 rings (SSSR count). The van der Waals surface area contributed by atoms with Gasteiger partial charge in [-0.25, -0.2) is 4.98 Å². The zero-order valence-electron chi connectivity index (χ0n) is 19.5. The van der Waals surface area contributed by atoms with E-state index in [4.69, 9.17) is 4.98 Å². The quantitative estimate of drug-likeness (QED) is 0.546. The highest BCUT2D eigenvalue weighted by Crippen LogP contribution is 2.31. The maximum absolute atomic E-state index is 13.3. The summed E-state index contributed by atoms with van der Waals surface area (Å²) in [5.41, 5.74) is 2.93. The monoisotopic (exact) mass is 469 g/mol. The van der Waals surface area contributed by atoms with E-state index in [1.807, 2.05) is 24.3 Å². The van der Waals surface area contributed by atoms with Crippen LogP contribution in [-0.2, 0) is 0 Å². The van der Waals surface area contributed by atoms with Gasteiger partial charge in [-0.1, -0.05) is 31.4 Å². The first-order chi connectivity index (χ1) is 17.1. The SMILES string of the molecule is O=C(c1ccc2c(c1)C(=O)N(C1CCCCC1)C2=O)N1CCN(c2cnc3ccccc3n2)CC1. The van der Waals surface area contributed by atoms with Crippen LogP contribution in [-0.4, -0.2) is 69.7 Å². The van der Waals surface area contributed by atoms with Crippen molar-refractivity contribution in [3.63, 3.8) is 0 Å². The Balaban J connectivity index is 1.15. The van der Waals surface area contributed by atoms with Gasteiger partial charge in [-0.2, -0.15) is 0 Å². The topological polar surface area (TPSA) is 86.7 Å². The van der Waals surface area contributed by atoms with E-state index in [1.165, 1.54) is 4.90 Å². The number of carbonyl (C=O) groups is 3. The van der Waals surface area contributed by atoms with Gasteiger partial charge >= 0.3 is 0 Å². The van der Waals surface area contributed by atoms with Gasteiger partial charge in [0, 0.05) is 37.8 Å². The van der Waals surface area contributed by atoms with E-state index in [9.17, 15) is 14.4 Å². The molecule has 3 aliphatic rings. The first kappa shape index (κ1) is 21.7. The lowest BCUT2D eigenvalue weighted by Gasteiger charge is -2.35. The molecule has 8 heteroatoms. The summed E-state index contributed by atoms with van der Waals surface area (Å²) >= 11 is 0. The predicted molar refractivity (Wildman–Crippen MR) is 131 cm³/mol. The van der Waals surface area contributed by atoms with Gasteiger partial charge in [0.2, 0.25) is 0 Å². The van der Waals surface area contributed by atoms with E-state index in [2.05, 4.69) is 9.88 Å². The van der Waals surface area contributed by atoms with Gasteiger partial charge in [-0.05, 0) is 43.2 Å². The highest BCUT2D eigenvalue weighted by Gasteiger charge is 2.40. The molecule has 1 aliphatic carbocycles. The molecule has 0 radical (unpaired) electrons. The standard InChI is InChI=1S/C27H27N5O3/c33-25(31-14-12-30(13-15-31)24-17-28-22-8-4-5-9-23(22)29-24)18-10-11-20-21(16-18)27(35)32(26(20)34)19-6-2-1-3-7-19/h4-5,8-11,16-17,19H,1-3,6-7,12-15H2. The van der Waals surface area contributed by atoms with E-state index in [-0.39, 0.29) is 23.8 Å². The molecule has 0 atom stereocenters. The number of hydrogen-bond donors (Lipinski definition) is 0. The molecular formula is C27H27N5O3. The molecule has 3 aromatic rings. The molecule has 0 unspecified atom stereocenters. The Kier molecular flexibility index (Phi) is 5.43. The van der Waals surface area contributed by atoms with Crippen molar-refractivity contribution in [1.82, 2.24) is 19.8 Å². The summed E-state index contributed by atoms with van der Waals surface area (Å²) in [5.74, 6) is 0.209. The number of amides is 3. The minimum absolute atomic E-state index is 0.0263. The molecule has 1 saturated carbocycles. The second kappa shape index (κ2) is 8.76. The van der Waals surface area contributed by atoms with Gasteiger partial charge in [0.05, 0.1) is 28.4 Å². The number of imide groups is 1. The van der Waals surface area contributed by atoms with Crippen LogP contribution in [0, 0.1) is 0 Å². The number of nitrogens with zero attached hydrogens (tertiary/aromatic N) is 5. The van der Waals surface area contributed by atoms with Crippen LogP contribution in [0.3, 0.4) is 0 Å². The summed E-state index contributed by atoms with van der Waals surface area (Å²) in [7, 11) is 0. The minimum Gasteiger partial charge on any atom is -0.352 e.